The maximum Gasteiger partial charge on any atom is 0.240 e. The molecule has 0 atom stereocenters. The van der Waals surface area contributed by atoms with E-state index in [9.17, 15) is 37.3 Å². The zero-order valence-electron chi connectivity index (χ0n) is 30.4. The van der Waals surface area contributed by atoms with Crippen molar-refractivity contribution in [3.8, 4) is 23.0 Å². The first-order chi connectivity index (χ1) is 26.8. The summed E-state index contributed by atoms with van der Waals surface area (Å²) in [6.07, 6.45) is 0. The van der Waals surface area contributed by atoms with Gasteiger partial charge in [-0.05, 0) is 59.3 Å². The van der Waals surface area contributed by atoms with E-state index in [0.717, 1.165) is 10.8 Å². The Hall–Kier alpha value is -5.51. The molecule has 301 valence electrons. The summed E-state index contributed by atoms with van der Waals surface area (Å²) in [5, 5.41) is 59.4. The van der Waals surface area contributed by atoms with Crippen molar-refractivity contribution in [1.82, 2.24) is 9.44 Å². The van der Waals surface area contributed by atoms with E-state index in [1.54, 1.807) is 36.4 Å². The fourth-order valence-electron chi connectivity index (χ4n) is 5.13. The number of hydrogen-bond acceptors (Lipinski definition) is 14. The molecule has 0 heterocycles. The van der Waals surface area contributed by atoms with Crippen molar-refractivity contribution >= 4 is 64.3 Å². The molecule has 6 N–H and O–H groups in total. The minimum atomic E-state index is -3.79. The van der Waals surface area contributed by atoms with Crippen LogP contribution < -0.4 is 9.44 Å². The summed E-state index contributed by atoms with van der Waals surface area (Å²) in [7, 11) is -4.64. The van der Waals surface area contributed by atoms with Crippen LogP contribution in [0.5, 0.6) is 23.0 Å². The molecule has 0 bridgehead atoms. The fourth-order valence-corrected chi connectivity index (χ4v) is 7.19. The summed E-state index contributed by atoms with van der Waals surface area (Å²) in [5.74, 6) is -0.627. The predicted molar refractivity (Wildman–Crippen MR) is 210 cm³/mol. The first kappa shape index (κ1) is 44.2. The van der Waals surface area contributed by atoms with Crippen LogP contribution in [0.25, 0.3) is 21.5 Å². The number of nitrogens with one attached hydrogen (secondary N) is 2. The van der Waals surface area contributed by atoms with E-state index in [-0.39, 0.29) is 98.6 Å². The quantitative estimate of drug-likeness (QED) is 0.0476. The summed E-state index contributed by atoms with van der Waals surface area (Å²) < 4.78 is 63.7. The van der Waals surface area contributed by atoms with E-state index in [4.69, 9.17) is 9.47 Å². The van der Waals surface area contributed by atoms with Gasteiger partial charge in [0.05, 0.1) is 23.0 Å². The summed E-state index contributed by atoms with van der Waals surface area (Å²) in [6.45, 7) is 0.676. The van der Waals surface area contributed by atoms with Gasteiger partial charge in [0.25, 0.3) is 0 Å². The van der Waals surface area contributed by atoms with E-state index < -0.39 is 20.0 Å². The average Bonchev–Trinajstić information content (AvgIpc) is 3.18. The van der Waals surface area contributed by atoms with Gasteiger partial charge in [0.15, 0.2) is 0 Å². The Morgan fingerprint density at radius 3 is 1.26 bits per heavy atom. The number of nitrogens with zero attached hydrogens (tertiary/aromatic N) is 4. The van der Waals surface area contributed by atoms with Crippen molar-refractivity contribution in [2.24, 2.45) is 20.5 Å². The number of benzene rings is 6. The van der Waals surface area contributed by atoms with Crippen molar-refractivity contribution < 1.29 is 63.5 Å². The molecule has 19 heteroatoms. The van der Waals surface area contributed by atoms with Crippen LogP contribution in [0.4, 0.5) is 22.7 Å². The molecule has 57 heavy (non-hydrogen) atoms. The number of ether oxygens (including phenoxy) is 2. The number of rotatable bonds is 14. The second-order valence-electron chi connectivity index (χ2n) is 11.8. The Bertz CT molecular complexity index is 2450. The van der Waals surface area contributed by atoms with E-state index in [1.807, 2.05) is 24.3 Å². The minimum absolute atomic E-state index is 0. The molecule has 6 aromatic carbocycles. The number of methoxy groups -OCH3 is 2. The van der Waals surface area contributed by atoms with Gasteiger partial charge in [-0.1, -0.05) is 60.7 Å². The smallest absolute Gasteiger partial charge is 0.240 e. The third-order valence-electron chi connectivity index (χ3n) is 7.98. The molecule has 0 spiro atoms. The summed E-state index contributed by atoms with van der Waals surface area (Å²) >= 11 is 0. The molecule has 0 fully saturated rings. The molecule has 0 amide bonds. The van der Waals surface area contributed by atoms with Crippen LogP contribution >= 0.6 is 0 Å². The molecule has 0 unspecified atom stereocenters. The van der Waals surface area contributed by atoms with Crippen molar-refractivity contribution in [1.29, 1.82) is 0 Å². The topological polar surface area (TPSA) is 241 Å². The van der Waals surface area contributed by atoms with Gasteiger partial charge in [-0.25, -0.2) is 26.3 Å². The fraction of sp³-hybridized carbons (Fsp3) is 0.158. The molecule has 1 radical (unpaired) electrons. The Balaban J connectivity index is 0.000000248. The van der Waals surface area contributed by atoms with Crippen LogP contribution in [-0.2, 0) is 46.3 Å². The van der Waals surface area contributed by atoms with E-state index in [1.165, 1.54) is 62.8 Å². The standard InChI is InChI=1S/2C19H19N3O5S.Co/c2*1-27-11-10-20-28(25,26)14-7-9-17(23)16(12-14)21-22-19-15-5-3-2-4-13(15)6-8-18(19)24;/h2*2-9,12,20,23-24H,10-11H2,1H3;. The predicted octanol–water partition coefficient (Wildman–Crippen LogP) is 7.18. The van der Waals surface area contributed by atoms with Gasteiger partial charge in [0.2, 0.25) is 20.0 Å². The molecule has 0 aliphatic heterocycles. The third-order valence-corrected chi connectivity index (χ3v) is 10.9. The largest absolute Gasteiger partial charge is 0.506 e. The van der Waals surface area contributed by atoms with Crippen molar-refractivity contribution in [3.63, 3.8) is 0 Å². The van der Waals surface area contributed by atoms with Crippen molar-refractivity contribution in [2.75, 3.05) is 40.5 Å². The van der Waals surface area contributed by atoms with Gasteiger partial charge in [-0.15, -0.1) is 20.5 Å². The van der Waals surface area contributed by atoms with Gasteiger partial charge in [-0.3, -0.25) is 0 Å². The summed E-state index contributed by atoms with van der Waals surface area (Å²) in [5.41, 5.74) is 0.372. The average molecular weight is 862 g/mol. The van der Waals surface area contributed by atoms with Crippen molar-refractivity contribution in [3.05, 3.63) is 109 Å². The molecule has 0 aliphatic rings. The molecular formula is C38H38CoN6O10S2. The van der Waals surface area contributed by atoms with Crippen LogP contribution in [0.1, 0.15) is 0 Å². The zero-order valence-corrected chi connectivity index (χ0v) is 33.1. The maximum atomic E-state index is 12.3. The number of aromatic hydroxyl groups is 4. The Labute approximate surface area is 338 Å². The number of phenols is 4. The second-order valence-corrected chi connectivity index (χ2v) is 15.3. The number of sulfonamides is 2. The van der Waals surface area contributed by atoms with Gasteiger partial charge >= 0.3 is 0 Å². The molecule has 0 saturated carbocycles. The molecule has 6 aromatic rings. The number of hydrogen-bond donors (Lipinski definition) is 6. The Kier molecular flexibility index (Phi) is 15.6. The SMILES string of the molecule is COCCNS(=O)(=O)c1ccc(O)c(N=Nc2c(O)ccc3ccccc23)c1.COCCNS(=O)(=O)c1ccc(O)c(N=Nc2c(O)ccc3ccccc23)c1.[Co]. The number of phenolic OH excluding ortho intramolecular Hbond substituents is 4. The summed E-state index contributed by atoms with van der Waals surface area (Å²) in [6, 6.07) is 28.5. The second kappa shape index (κ2) is 20.1. The van der Waals surface area contributed by atoms with Crippen LogP contribution in [-0.4, -0.2) is 77.8 Å². The van der Waals surface area contributed by atoms with E-state index in [2.05, 4.69) is 29.9 Å². The third kappa shape index (κ3) is 11.3. The first-order valence-electron chi connectivity index (χ1n) is 16.7. The van der Waals surface area contributed by atoms with E-state index in [0.29, 0.717) is 10.8 Å². The van der Waals surface area contributed by atoms with Gasteiger partial charge in [0, 0.05) is 54.9 Å². The Morgan fingerprint density at radius 1 is 0.509 bits per heavy atom. The number of fused-ring (bicyclic) bond motifs is 2. The molecule has 0 aliphatic carbocycles. The van der Waals surface area contributed by atoms with Gasteiger partial charge < -0.3 is 29.9 Å². The van der Waals surface area contributed by atoms with E-state index >= 15 is 0 Å². The van der Waals surface area contributed by atoms with Crippen molar-refractivity contribution in [2.45, 2.75) is 9.79 Å². The normalized spacial score (nSPS) is 11.8. The molecule has 16 nitrogen and oxygen atoms in total. The number of azo groups is 2. The summed E-state index contributed by atoms with van der Waals surface area (Å²) in [4.78, 5) is -0.144. The van der Waals surface area contributed by atoms with Gasteiger partial charge in [0.1, 0.15) is 45.7 Å². The first-order valence-corrected chi connectivity index (χ1v) is 19.7. The van der Waals surface area contributed by atoms with Gasteiger partial charge in [-0.2, -0.15) is 0 Å². The zero-order chi connectivity index (χ0) is 40.3. The maximum absolute atomic E-state index is 12.3. The minimum Gasteiger partial charge on any atom is -0.506 e. The molecule has 6 rings (SSSR count). The van der Waals surface area contributed by atoms with Crippen LogP contribution in [0.15, 0.2) is 139 Å². The Morgan fingerprint density at radius 2 is 0.877 bits per heavy atom. The molecule has 0 aromatic heterocycles. The van der Waals surface area contributed by atoms with Crippen LogP contribution in [0.3, 0.4) is 0 Å². The molecular weight excluding hydrogens is 824 g/mol. The molecule has 0 saturated heterocycles. The monoisotopic (exact) mass is 861 g/mol. The van der Waals surface area contributed by atoms with Crippen LogP contribution in [0.2, 0.25) is 0 Å². The van der Waals surface area contributed by atoms with Crippen LogP contribution in [0, 0.1) is 0 Å².